The van der Waals surface area contributed by atoms with Crippen LogP contribution in [0.5, 0.6) is 0 Å². The number of nitrogens with zero attached hydrogens (tertiary/aromatic N) is 1. The number of benzene rings is 2. The molecule has 0 saturated carbocycles. The van der Waals surface area contributed by atoms with Gasteiger partial charge >= 0.3 is 5.97 Å². The van der Waals surface area contributed by atoms with Crippen LogP contribution in [0.3, 0.4) is 0 Å². The lowest BCUT2D eigenvalue weighted by Gasteiger charge is -2.09. The number of aryl methyl sites for hydroxylation is 1. The summed E-state index contributed by atoms with van der Waals surface area (Å²) in [4.78, 5) is 27.3. The molecule has 0 atom stereocenters. The fourth-order valence-electron chi connectivity index (χ4n) is 2.59. The van der Waals surface area contributed by atoms with Crippen molar-refractivity contribution in [3.63, 3.8) is 0 Å². The highest BCUT2D eigenvalue weighted by Gasteiger charge is 2.10. The summed E-state index contributed by atoms with van der Waals surface area (Å²) in [5.74, 6) is -0.785. The first kappa shape index (κ1) is 17.0. The van der Waals surface area contributed by atoms with Crippen LogP contribution in [0.1, 0.15) is 15.9 Å². The molecule has 25 heavy (non-hydrogen) atoms. The van der Waals surface area contributed by atoms with Crippen molar-refractivity contribution in [2.75, 3.05) is 7.11 Å². The summed E-state index contributed by atoms with van der Waals surface area (Å²) in [6.45, 7) is 0.370. The van der Waals surface area contributed by atoms with Gasteiger partial charge in [0.25, 0.3) is 5.56 Å². The standard InChI is InChI=1S/C18H15FN2O3S/c1-24-17(23)12-4-7-14-15(10-12)20-18(25)21(16(14)22)9-8-11-2-5-13(19)6-3-11/h2-7,10H,8-9H2,1H3,(H,20,25). The van der Waals surface area contributed by atoms with Crippen LogP contribution in [0.25, 0.3) is 10.9 Å². The van der Waals surface area contributed by atoms with Crippen LogP contribution in [0.2, 0.25) is 0 Å². The molecule has 1 heterocycles. The summed E-state index contributed by atoms with van der Waals surface area (Å²) in [5, 5.41) is 0.431. The van der Waals surface area contributed by atoms with Gasteiger partial charge in [-0.2, -0.15) is 0 Å². The van der Waals surface area contributed by atoms with Crippen molar-refractivity contribution in [3.05, 3.63) is 74.5 Å². The Morgan fingerprint density at radius 1 is 1.24 bits per heavy atom. The van der Waals surface area contributed by atoms with Gasteiger partial charge in [-0.25, -0.2) is 9.18 Å². The molecule has 0 spiro atoms. The normalized spacial score (nSPS) is 10.8. The summed E-state index contributed by atoms with van der Waals surface area (Å²) in [6.07, 6.45) is 0.545. The van der Waals surface area contributed by atoms with E-state index in [0.29, 0.717) is 29.4 Å². The van der Waals surface area contributed by atoms with E-state index in [1.807, 2.05) is 0 Å². The second kappa shape index (κ2) is 6.98. The molecular formula is C18H15FN2O3S. The minimum Gasteiger partial charge on any atom is -0.465 e. The molecule has 7 heteroatoms. The Labute approximate surface area is 147 Å². The van der Waals surface area contributed by atoms with Gasteiger partial charge in [-0.1, -0.05) is 12.1 Å². The van der Waals surface area contributed by atoms with Crippen LogP contribution in [0, 0.1) is 10.6 Å². The summed E-state index contributed by atoms with van der Waals surface area (Å²) < 4.78 is 19.4. The van der Waals surface area contributed by atoms with Crippen LogP contribution in [-0.2, 0) is 17.7 Å². The number of H-pyrrole nitrogens is 1. The van der Waals surface area contributed by atoms with Crippen molar-refractivity contribution >= 4 is 29.1 Å². The number of hydrogen-bond acceptors (Lipinski definition) is 4. The van der Waals surface area contributed by atoms with Crippen molar-refractivity contribution in [2.24, 2.45) is 0 Å². The Morgan fingerprint density at radius 3 is 2.64 bits per heavy atom. The highest BCUT2D eigenvalue weighted by Crippen LogP contribution is 2.12. The van der Waals surface area contributed by atoms with Crippen molar-refractivity contribution in [1.29, 1.82) is 0 Å². The van der Waals surface area contributed by atoms with Crippen molar-refractivity contribution in [2.45, 2.75) is 13.0 Å². The average Bonchev–Trinajstić information content (AvgIpc) is 2.61. The van der Waals surface area contributed by atoms with E-state index in [1.54, 1.807) is 24.3 Å². The number of aromatic nitrogens is 2. The van der Waals surface area contributed by atoms with Crippen LogP contribution in [0.15, 0.2) is 47.3 Å². The van der Waals surface area contributed by atoms with E-state index in [4.69, 9.17) is 12.2 Å². The first-order valence-corrected chi connectivity index (χ1v) is 8.00. The molecule has 0 aliphatic heterocycles. The van der Waals surface area contributed by atoms with Crippen LogP contribution in [0.4, 0.5) is 4.39 Å². The van der Waals surface area contributed by atoms with E-state index in [2.05, 4.69) is 9.72 Å². The molecule has 128 valence electrons. The number of rotatable bonds is 4. The molecule has 0 aliphatic rings. The molecular weight excluding hydrogens is 343 g/mol. The number of carbonyl (C=O) groups excluding carboxylic acids is 1. The number of carbonyl (C=O) groups is 1. The van der Waals surface area contributed by atoms with Crippen LogP contribution < -0.4 is 5.56 Å². The fraction of sp³-hybridized carbons (Fsp3) is 0.167. The maximum Gasteiger partial charge on any atom is 0.337 e. The lowest BCUT2D eigenvalue weighted by Crippen LogP contribution is -2.23. The Bertz CT molecular complexity index is 1050. The number of methoxy groups -OCH3 is 1. The molecule has 0 unspecified atom stereocenters. The summed E-state index contributed by atoms with van der Waals surface area (Å²) >= 11 is 5.27. The van der Waals surface area contributed by atoms with E-state index >= 15 is 0 Å². The lowest BCUT2D eigenvalue weighted by molar-refractivity contribution is 0.0601. The van der Waals surface area contributed by atoms with E-state index in [-0.39, 0.29) is 16.1 Å². The molecule has 0 saturated heterocycles. The van der Waals surface area contributed by atoms with Gasteiger partial charge in [0.1, 0.15) is 5.82 Å². The second-order valence-electron chi connectivity index (χ2n) is 5.52. The van der Waals surface area contributed by atoms with Gasteiger partial charge in [-0.05, 0) is 54.5 Å². The Kier molecular flexibility index (Phi) is 4.76. The zero-order valence-electron chi connectivity index (χ0n) is 13.4. The molecule has 0 fully saturated rings. The third-order valence-electron chi connectivity index (χ3n) is 3.94. The fourth-order valence-corrected chi connectivity index (χ4v) is 2.88. The highest BCUT2D eigenvalue weighted by atomic mass is 32.1. The molecule has 0 bridgehead atoms. The van der Waals surface area contributed by atoms with E-state index in [1.165, 1.54) is 29.9 Å². The number of nitrogens with one attached hydrogen (secondary N) is 1. The van der Waals surface area contributed by atoms with E-state index in [9.17, 15) is 14.0 Å². The second-order valence-corrected chi connectivity index (χ2v) is 5.90. The monoisotopic (exact) mass is 358 g/mol. The predicted octanol–water partition coefficient (Wildman–Crippen LogP) is 3.23. The smallest absolute Gasteiger partial charge is 0.337 e. The number of fused-ring (bicyclic) bond motifs is 1. The zero-order chi connectivity index (χ0) is 18.0. The van der Waals surface area contributed by atoms with E-state index in [0.717, 1.165) is 5.56 Å². The highest BCUT2D eigenvalue weighted by molar-refractivity contribution is 7.71. The summed E-state index contributed by atoms with van der Waals surface area (Å²) in [6, 6.07) is 10.8. The summed E-state index contributed by atoms with van der Waals surface area (Å²) in [5.41, 5.74) is 1.49. The molecule has 0 aliphatic carbocycles. The first-order chi connectivity index (χ1) is 12.0. The molecule has 0 amide bonds. The number of ether oxygens (including phenoxy) is 1. The molecule has 1 N–H and O–H groups in total. The van der Waals surface area contributed by atoms with Gasteiger partial charge in [-0.15, -0.1) is 0 Å². The number of aromatic amines is 1. The van der Waals surface area contributed by atoms with Gasteiger partial charge in [-0.3, -0.25) is 9.36 Å². The first-order valence-electron chi connectivity index (χ1n) is 7.59. The van der Waals surface area contributed by atoms with Gasteiger partial charge in [0.2, 0.25) is 0 Å². The molecule has 2 aromatic carbocycles. The number of halogens is 1. The lowest BCUT2D eigenvalue weighted by atomic mass is 10.1. The SMILES string of the molecule is COC(=O)c1ccc2c(=O)n(CCc3ccc(F)cc3)c(=S)[nH]c2c1. The minimum absolute atomic E-state index is 0.239. The van der Waals surface area contributed by atoms with Gasteiger partial charge in [0.05, 0.1) is 23.6 Å². The summed E-state index contributed by atoms with van der Waals surface area (Å²) in [7, 11) is 1.29. The minimum atomic E-state index is -0.485. The van der Waals surface area contributed by atoms with Crippen molar-refractivity contribution < 1.29 is 13.9 Å². The largest absolute Gasteiger partial charge is 0.465 e. The van der Waals surface area contributed by atoms with Crippen LogP contribution >= 0.6 is 12.2 Å². The Hall–Kier alpha value is -2.80. The Balaban J connectivity index is 1.96. The quantitative estimate of drug-likeness (QED) is 0.574. The molecule has 3 rings (SSSR count). The van der Waals surface area contributed by atoms with Gasteiger partial charge in [0.15, 0.2) is 4.77 Å². The van der Waals surface area contributed by atoms with Crippen LogP contribution in [-0.4, -0.2) is 22.6 Å². The predicted molar refractivity (Wildman–Crippen MR) is 94.8 cm³/mol. The maximum atomic E-state index is 13.0. The Morgan fingerprint density at radius 2 is 1.96 bits per heavy atom. The van der Waals surface area contributed by atoms with Gasteiger partial charge in [0, 0.05) is 6.54 Å². The third kappa shape index (κ3) is 3.51. The maximum absolute atomic E-state index is 13.0. The number of hydrogen-bond donors (Lipinski definition) is 1. The number of esters is 1. The van der Waals surface area contributed by atoms with Crippen molar-refractivity contribution in [3.8, 4) is 0 Å². The topological polar surface area (TPSA) is 64.1 Å². The van der Waals surface area contributed by atoms with Gasteiger partial charge < -0.3 is 9.72 Å². The molecule has 3 aromatic rings. The third-order valence-corrected chi connectivity index (χ3v) is 4.26. The van der Waals surface area contributed by atoms with E-state index < -0.39 is 5.97 Å². The van der Waals surface area contributed by atoms with Crippen molar-refractivity contribution in [1.82, 2.24) is 9.55 Å². The molecule has 1 aromatic heterocycles. The molecule has 5 nitrogen and oxygen atoms in total. The average molecular weight is 358 g/mol. The zero-order valence-corrected chi connectivity index (χ0v) is 14.2. The molecule has 0 radical (unpaired) electrons.